The average molecular weight is 268 g/mol. The minimum absolute atomic E-state index is 0.0861. The van der Waals surface area contributed by atoms with Crippen molar-refractivity contribution in [3.8, 4) is 0 Å². The summed E-state index contributed by atoms with van der Waals surface area (Å²) >= 11 is 5.76. The lowest BCUT2D eigenvalue weighted by Crippen LogP contribution is -2.42. The molecule has 0 atom stereocenters. The molecule has 0 heterocycles. The topological polar surface area (TPSA) is 53.5 Å². The van der Waals surface area contributed by atoms with E-state index in [1.54, 1.807) is 18.3 Å². The molecule has 0 aliphatic rings. The summed E-state index contributed by atoms with van der Waals surface area (Å²) in [5.41, 5.74) is 3.25. The molecule has 0 aliphatic heterocycles. The lowest BCUT2D eigenvalue weighted by atomic mass is 10.1. The maximum atomic E-state index is 11.4. The third-order valence-electron chi connectivity index (χ3n) is 2.05. The first kappa shape index (κ1) is 14.7. The highest BCUT2D eigenvalue weighted by atomic mass is 35.5. The molecule has 5 heteroatoms. The Morgan fingerprint density at radius 2 is 1.94 bits per heavy atom. The van der Waals surface area contributed by atoms with Crippen molar-refractivity contribution in [2.75, 3.05) is 6.54 Å². The zero-order chi connectivity index (χ0) is 13.6. The minimum Gasteiger partial charge on any atom is -0.304 e. The Balaban J connectivity index is 2.36. The summed E-state index contributed by atoms with van der Waals surface area (Å²) in [5.74, 6) is -0.171. The number of hydrogen-bond acceptors (Lipinski definition) is 3. The van der Waals surface area contributed by atoms with Gasteiger partial charge < -0.3 is 5.32 Å². The highest BCUT2D eigenvalue weighted by Gasteiger charge is 2.10. The molecule has 0 saturated carbocycles. The van der Waals surface area contributed by atoms with E-state index in [4.69, 9.17) is 11.6 Å². The molecule has 1 amide bonds. The molecular weight excluding hydrogens is 250 g/mol. The first-order chi connectivity index (χ1) is 8.37. The van der Waals surface area contributed by atoms with Gasteiger partial charge in [-0.1, -0.05) is 23.7 Å². The minimum atomic E-state index is -0.171. The Labute approximate surface area is 112 Å². The van der Waals surface area contributed by atoms with Gasteiger partial charge in [0.15, 0.2) is 0 Å². The Hall–Kier alpha value is -1.39. The lowest BCUT2D eigenvalue weighted by Gasteiger charge is -2.19. The molecular formula is C13H18ClN3O. The van der Waals surface area contributed by atoms with Crippen LogP contribution in [0.15, 0.2) is 29.4 Å². The number of hydrogen-bond donors (Lipinski definition) is 2. The van der Waals surface area contributed by atoms with Crippen LogP contribution in [-0.2, 0) is 4.79 Å². The molecule has 0 aliphatic carbocycles. The zero-order valence-electron chi connectivity index (χ0n) is 10.8. The smallest absolute Gasteiger partial charge is 0.254 e. The second-order valence-corrected chi connectivity index (χ2v) is 5.38. The van der Waals surface area contributed by atoms with E-state index >= 15 is 0 Å². The van der Waals surface area contributed by atoms with Gasteiger partial charge in [-0.2, -0.15) is 5.10 Å². The van der Waals surface area contributed by atoms with E-state index < -0.39 is 0 Å². The maximum Gasteiger partial charge on any atom is 0.254 e. The molecule has 4 nitrogen and oxygen atoms in total. The van der Waals surface area contributed by atoms with Gasteiger partial charge in [0.05, 0.1) is 12.8 Å². The zero-order valence-corrected chi connectivity index (χ0v) is 11.6. The highest BCUT2D eigenvalue weighted by molar-refractivity contribution is 6.30. The third-order valence-corrected chi connectivity index (χ3v) is 2.30. The molecule has 0 bridgehead atoms. The van der Waals surface area contributed by atoms with Crippen LogP contribution in [0.1, 0.15) is 26.3 Å². The van der Waals surface area contributed by atoms with E-state index in [-0.39, 0.29) is 18.0 Å². The summed E-state index contributed by atoms with van der Waals surface area (Å²) in [6, 6.07) is 7.19. The number of amides is 1. The fourth-order valence-electron chi connectivity index (χ4n) is 1.11. The highest BCUT2D eigenvalue weighted by Crippen LogP contribution is 2.07. The van der Waals surface area contributed by atoms with E-state index in [9.17, 15) is 4.79 Å². The molecule has 1 rings (SSSR count). The predicted octanol–water partition coefficient (Wildman–Crippen LogP) is 2.18. The van der Waals surface area contributed by atoms with E-state index in [2.05, 4.69) is 15.8 Å². The van der Waals surface area contributed by atoms with Crippen LogP contribution >= 0.6 is 11.6 Å². The summed E-state index contributed by atoms with van der Waals surface area (Å²) in [7, 11) is 0. The van der Waals surface area contributed by atoms with Crippen molar-refractivity contribution in [3.63, 3.8) is 0 Å². The van der Waals surface area contributed by atoms with Crippen molar-refractivity contribution in [3.05, 3.63) is 34.9 Å². The monoisotopic (exact) mass is 267 g/mol. The normalized spacial score (nSPS) is 11.8. The molecule has 0 radical (unpaired) electrons. The van der Waals surface area contributed by atoms with Crippen molar-refractivity contribution < 1.29 is 4.79 Å². The number of halogens is 1. The largest absolute Gasteiger partial charge is 0.304 e. The van der Waals surface area contributed by atoms with Crippen molar-refractivity contribution in [1.82, 2.24) is 10.7 Å². The van der Waals surface area contributed by atoms with Crippen LogP contribution in [-0.4, -0.2) is 24.2 Å². The Kier molecular flexibility index (Phi) is 5.31. The summed E-state index contributed by atoms with van der Waals surface area (Å²) in [6.45, 7) is 6.23. The molecule has 98 valence electrons. The number of nitrogens with one attached hydrogen (secondary N) is 2. The molecule has 0 aromatic heterocycles. The van der Waals surface area contributed by atoms with Crippen LogP contribution in [0.4, 0.5) is 0 Å². The van der Waals surface area contributed by atoms with E-state index in [1.165, 1.54) is 0 Å². The third kappa shape index (κ3) is 6.37. The van der Waals surface area contributed by atoms with E-state index in [1.807, 2.05) is 32.9 Å². The maximum absolute atomic E-state index is 11.4. The first-order valence-electron chi connectivity index (χ1n) is 5.69. The van der Waals surface area contributed by atoms with Gasteiger partial charge in [0.2, 0.25) is 0 Å². The Bertz CT molecular complexity index is 421. The number of nitrogens with zero attached hydrogens (tertiary/aromatic N) is 1. The SMILES string of the molecule is CC(C)(C)NCC(=O)N/N=C\c1ccc(Cl)cc1. The second kappa shape index (κ2) is 6.52. The number of carbonyl (C=O) groups excluding carboxylic acids is 1. The van der Waals surface area contributed by atoms with Crippen LogP contribution in [0, 0.1) is 0 Å². The molecule has 0 saturated heterocycles. The summed E-state index contributed by atoms with van der Waals surface area (Å²) < 4.78 is 0. The Morgan fingerprint density at radius 1 is 1.33 bits per heavy atom. The number of benzene rings is 1. The van der Waals surface area contributed by atoms with Gasteiger partial charge >= 0.3 is 0 Å². The second-order valence-electron chi connectivity index (χ2n) is 4.95. The van der Waals surface area contributed by atoms with Crippen LogP contribution < -0.4 is 10.7 Å². The van der Waals surface area contributed by atoms with Crippen molar-refractivity contribution in [1.29, 1.82) is 0 Å². The fraction of sp³-hybridized carbons (Fsp3) is 0.385. The van der Waals surface area contributed by atoms with Gasteiger partial charge in [0.25, 0.3) is 5.91 Å². The van der Waals surface area contributed by atoms with Gasteiger partial charge in [0.1, 0.15) is 0 Å². The molecule has 0 unspecified atom stereocenters. The molecule has 1 aromatic rings. The fourth-order valence-corrected chi connectivity index (χ4v) is 1.24. The molecule has 2 N–H and O–H groups in total. The summed E-state index contributed by atoms with van der Waals surface area (Å²) in [5, 5.41) is 7.61. The first-order valence-corrected chi connectivity index (χ1v) is 6.07. The van der Waals surface area contributed by atoms with Crippen molar-refractivity contribution in [2.45, 2.75) is 26.3 Å². The summed E-state index contributed by atoms with van der Waals surface area (Å²) in [4.78, 5) is 11.4. The molecule has 0 fully saturated rings. The number of hydrazone groups is 1. The standard InChI is InChI=1S/C13H18ClN3O/c1-13(2,3)15-9-12(18)17-16-8-10-4-6-11(14)7-5-10/h4-8,15H,9H2,1-3H3,(H,17,18)/b16-8-. The Morgan fingerprint density at radius 3 is 2.50 bits per heavy atom. The van der Waals surface area contributed by atoms with Crippen LogP contribution in [0.2, 0.25) is 5.02 Å². The lowest BCUT2D eigenvalue weighted by molar-refractivity contribution is -0.120. The number of carbonyl (C=O) groups is 1. The van der Waals surface area contributed by atoms with Crippen molar-refractivity contribution >= 4 is 23.7 Å². The van der Waals surface area contributed by atoms with Gasteiger partial charge in [-0.05, 0) is 38.5 Å². The van der Waals surface area contributed by atoms with E-state index in [0.717, 1.165) is 5.56 Å². The average Bonchev–Trinajstić information content (AvgIpc) is 2.28. The predicted molar refractivity (Wildman–Crippen MR) is 74.9 cm³/mol. The quantitative estimate of drug-likeness (QED) is 0.649. The van der Waals surface area contributed by atoms with Crippen LogP contribution in [0.5, 0.6) is 0 Å². The van der Waals surface area contributed by atoms with Crippen LogP contribution in [0.3, 0.4) is 0 Å². The molecule has 1 aromatic carbocycles. The van der Waals surface area contributed by atoms with Gasteiger partial charge in [-0.3, -0.25) is 4.79 Å². The summed E-state index contributed by atoms with van der Waals surface area (Å²) in [6.07, 6.45) is 1.57. The molecule has 18 heavy (non-hydrogen) atoms. The number of rotatable bonds is 4. The van der Waals surface area contributed by atoms with E-state index in [0.29, 0.717) is 5.02 Å². The van der Waals surface area contributed by atoms with Crippen molar-refractivity contribution in [2.24, 2.45) is 5.10 Å². The van der Waals surface area contributed by atoms with Gasteiger partial charge in [0, 0.05) is 10.6 Å². The van der Waals surface area contributed by atoms with Gasteiger partial charge in [-0.25, -0.2) is 5.43 Å². The molecule has 0 spiro atoms. The van der Waals surface area contributed by atoms with Gasteiger partial charge in [-0.15, -0.1) is 0 Å². The van der Waals surface area contributed by atoms with Crippen LogP contribution in [0.25, 0.3) is 0 Å².